The van der Waals surface area contributed by atoms with Gasteiger partial charge in [0.1, 0.15) is 5.60 Å². The van der Waals surface area contributed by atoms with Crippen LogP contribution in [0.1, 0.15) is 52.9 Å². The van der Waals surface area contributed by atoms with Crippen molar-refractivity contribution in [2.45, 2.75) is 64.5 Å². The zero-order valence-corrected chi connectivity index (χ0v) is 12.8. The lowest BCUT2D eigenvalue weighted by Crippen LogP contribution is -2.48. The van der Waals surface area contributed by atoms with E-state index in [2.05, 4.69) is 5.32 Å². The highest BCUT2D eigenvalue weighted by molar-refractivity contribution is 5.72. The lowest BCUT2D eigenvalue weighted by Gasteiger charge is -2.33. The standard InChI is InChI=1S/C14H27N3O3/c1-14(2,3)20-13(19)16-9-10-17(12(15)18)11-7-5-4-6-8-11/h11H,4-10H2,1-3H3,(H2,15,18)(H,16,19). The maximum absolute atomic E-state index is 11.5. The van der Waals surface area contributed by atoms with E-state index in [0.717, 1.165) is 25.7 Å². The molecule has 0 aromatic rings. The monoisotopic (exact) mass is 285 g/mol. The van der Waals surface area contributed by atoms with Gasteiger partial charge in [-0.05, 0) is 33.6 Å². The number of nitrogens with zero attached hydrogens (tertiary/aromatic N) is 1. The number of hydrogen-bond acceptors (Lipinski definition) is 3. The van der Waals surface area contributed by atoms with E-state index >= 15 is 0 Å². The van der Waals surface area contributed by atoms with Crippen LogP contribution in [0.5, 0.6) is 0 Å². The van der Waals surface area contributed by atoms with E-state index in [4.69, 9.17) is 10.5 Å². The normalized spacial score (nSPS) is 16.6. The fourth-order valence-electron chi connectivity index (χ4n) is 2.46. The molecule has 3 amide bonds. The van der Waals surface area contributed by atoms with Crippen LogP contribution in [0.25, 0.3) is 0 Å². The van der Waals surface area contributed by atoms with Crippen molar-refractivity contribution in [2.75, 3.05) is 13.1 Å². The summed E-state index contributed by atoms with van der Waals surface area (Å²) in [7, 11) is 0. The Balaban J connectivity index is 2.36. The molecule has 1 aliphatic carbocycles. The van der Waals surface area contributed by atoms with Gasteiger partial charge in [0, 0.05) is 19.1 Å². The van der Waals surface area contributed by atoms with Gasteiger partial charge in [-0.25, -0.2) is 9.59 Å². The summed E-state index contributed by atoms with van der Waals surface area (Å²) in [5.41, 5.74) is 4.91. The Morgan fingerprint density at radius 2 is 1.85 bits per heavy atom. The molecular weight excluding hydrogens is 258 g/mol. The minimum atomic E-state index is -0.517. The van der Waals surface area contributed by atoms with Gasteiger partial charge in [-0.2, -0.15) is 0 Å². The van der Waals surface area contributed by atoms with Crippen molar-refractivity contribution in [1.82, 2.24) is 10.2 Å². The van der Waals surface area contributed by atoms with Gasteiger partial charge in [0.05, 0.1) is 0 Å². The largest absolute Gasteiger partial charge is 0.444 e. The molecule has 0 aliphatic heterocycles. The Kier molecular flexibility index (Phi) is 6.10. The first-order valence-corrected chi connectivity index (χ1v) is 7.32. The number of hydrogen-bond donors (Lipinski definition) is 2. The highest BCUT2D eigenvalue weighted by Crippen LogP contribution is 2.22. The van der Waals surface area contributed by atoms with Gasteiger partial charge in [-0.3, -0.25) is 0 Å². The van der Waals surface area contributed by atoms with Gasteiger partial charge in [0.15, 0.2) is 0 Å². The van der Waals surface area contributed by atoms with Gasteiger partial charge >= 0.3 is 12.1 Å². The van der Waals surface area contributed by atoms with Crippen molar-refractivity contribution in [3.63, 3.8) is 0 Å². The van der Waals surface area contributed by atoms with Gasteiger partial charge < -0.3 is 20.7 Å². The Hall–Kier alpha value is -1.46. The molecule has 6 heteroatoms. The van der Waals surface area contributed by atoms with Crippen molar-refractivity contribution in [3.05, 3.63) is 0 Å². The molecule has 6 nitrogen and oxygen atoms in total. The molecule has 116 valence electrons. The van der Waals surface area contributed by atoms with E-state index in [1.165, 1.54) is 6.42 Å². The van der Waals surface area contributed by atoms with Gasteiger partial charge in [0.25, 0.3) is 0 Å². The molecule has 0 bridgehead atoms. The van der Waals surface area contributed by atoms with Crippen LogP contribution < -0.4 is 11.1 Å². The molecule has 0 aromatic heterocycles. The summed E-state index contributed by atoms with van der Waals surface area (Å²) in [6, 6.07) is -0.204. The van der Waals surface area contributed by atoms with Crippen LogP contribution in [0.2, 0.25) is 0 Å². The number of nitrogens with two attached hydrogens (primary N) is 1. The average Bonchev–Trinajstić information content (AvgIpc) is 2.33. The summed E-state index contributed by atoms with van der Waals surface area (Å²) in [5, 5.41) is 2.65. The molecule has 3 N–H and O–H groups in total. The van der Waals surface area contributed by atoms with Crippen molar-refractivity contribution in [2.24, 2.45) is 5.73 Å². The van der Waals surface area contributed by atoms with E-state index in [1.807, 2.05) is 20.8 Å². The van der Waals surface area contributed by atoms with Crippen LogP contribution in [-0.4, -0.2) is 41.8 Å². The number of carbonyl (C=O) groups is 2. The molecule has 0 radical (unpaired) electrons. The van der Waals surface area contributed by atoms with E-state index < -0.39 is 17.7 Å². The molecular formula is C14H27N3O3. The van der Waals surface area contributed by atoms with Crippen LogP contribution in [0.4, 0.5) is 9.59 Å². The first kappa shape index (κ1) is 16.6. The summed E-state index contributed by atoms with van der Waals surface area (Å²) >= 11 is 0. The average molecular weight is 285 g/mol. The van der Waals surface area contributed by atoms with Crippen LogP contribution in [0, 0.1) is 0 Å². The number of amides is 3. The molecule has 1 aliphatic rings. The number of rotatable bonds is 4. The number of alkyl carbamates (subject to hydrolysis) is 1. The molecule has 0 spiro atoms. The Labute approximate surface area is 121 Å². The Morgan fingerprint density at radius 3 is 2.35 bits per heavy atom. The smallest absolute Gasteiger partial charge is 0.407 e. The fourth-order valence-corrected chi connectivity index (χ4v) is 2.46. The molecule has 1 saturated carbocycles. The second-order valence-electron chi connectivity index (χ2n) is 6.25. The van der Waals surface area contributed by atoms with Crippen LogP contribution in [0.3, 0.4) is 0 Å². The highest BCUT2D eigenvalue weighted by Gasteiger charge is 2.24. The summed E-state index contributed by atoms with van der Waals surface area (Å²) in [6.07, 6.45) is 5.01. The third kappa shape index (κ3) is 6.12. The number of urea groups is 1. The first-order chi connectivity index (χ1) is 9.29. The van der Waals surface area contributed by atoms with E-state index in [9.17, 15) is 9.59 Å². The molecule has 0 unspecified atom stereocenters. The maximum atomic E-state index is 11.5. The molecule has 0 heterocycles. The van der Waals surface area contributed by atoms with Crippen LogP contribution in [0.15, 0.2) is 0 Å². The van der Waals surface area contributed by atoms with Gasteiger partial charge in [-0.1, -0.05) is 19.3 Å². The zero-order valence-electron chi connectivity index (χ0n) is 12.8. The van der Waals surface area contributed by atoms with Gasteiger partial charge in [-0.15, -0.1) is 0 Å². The molecule has 20 heavy (non-hydrogen) atoms. The maximum Gasteiger partial charge on any atom is 0.407 e. The molecule has 1 rings (SSSR count). The molecule has 0 aromatic carbocycles. The molecule has 0 saturated heterocycles. The quantitative estimate of drug-likeness (QED) is 0.830. The van der Waals surface area contributed by atoms with Gasteiger partial charge in [0.2, 0.25) is 0 Å². The van der Waals surface area contributed by atoms with E-state index in [-0.39, 0.29) is 6.04 Å². The highest BCUT2D eigenvalue weighted by atomic mass is 16.6. The van der Waals surface area contributed by atoms with E-state index in [0.29, 0.717) is 13.1 Å². The second kappa shape index (κ2) is 7.36. The lowest BCUT2D eigenvalue weighted by atomic mass is 9.94. The summed E-state index contributed by atoms with van der Waals surface area (Å²) in [4.78, 5) is 24.7. The zero-order chi connectivity index (χ0) is 15.2. The number of primary amides is 1. The van der Waals surface area contributed by atoms with Crippen molar-refractivity contribution >= 4 is 12.1 Å². The SMILES string of the molecule is CC(C)(C)OC(=O)NCCN(C(N)=O)C1CCCCC1. The summed E-state index contributed by atoms with van der Waals surface area (Å²) in [5.74, 6) is 0. The lowest BCUT2D eigenvalue weighted by molar-refractivity contribution is 0.0519. The number of nitrogens with one attached hydrogen (secondary N) is 1. The third-order valence-corrected chi connectivity index (χ3v) is 3.32. The Bertz CT molecular complexity index is 333. The van der Waals surface area contributed by atoms with E-state index in [1.54, 1.807) is 4.90 Å². The first-order valence-electron chi connectivity index (χ1n) is 7.32. The summed E-state index contributed by atoms with van der Waals surface area (Å²) < 4.78 is 5.14. The van der Waals surface area contributed by atoms with Crippen molar-refractivity contribution in [1.29, 1.82) is 0 Å². The minimum Gasteiger partial charge on any atom is -0.444 e. The molecule has 0 atom stereocenters. The third-order valence-electron chi connectivity index (χ3n) is 3.32. The van der Waals surface area contributed by atoms with Crippen molar-refractivity contribution in [3.8, 4) is 0 Å². The second-order valence-corrected chi connectivity index (χ2v) is 6.25. The van der Waals surface area contributed by atoms with Crippen molar-refractivity contribution < 1.29 is 14.3 Å². The molecule has 1 fully saturated rings. The predicted octanol–water partition coefficient (Wildman–Crippen LogP) is 2.22. The number of ether oxygens (including phenoxy) is 1. The fraction of sp³-hybridized carbons (Fsp3) is 0.857. The minimum absolute atomic E-state index is 0.210. The predicted molar refractivity (Wildman–Crippen MR) is 77.4 cm³/mol. The summed E-state index contributed by atoms with van der Waals surface area (Å²) in [6.45, 7) is 6.21. The van der Waals surface area contributed by atoms with Crippen LogP contribution >= 0.6 is 0 Å². The topological polar surface area (TPSA) is 84.7 Å². The Morgan fingerprint density at radius 1 is 1.25 bits per heavy atom. The van der Waals surface area contributed by atoms with Crippen LogP contribution in [-0.2, 0) is 4.74 Å². The number of carbonyl (C=O) groups excluding carboxylic acids is 2.